The number of benzene rings is 7. The first-order valence-electron chi connectivity index (χ1n) is 22.5. The van der Waals surface area contributed by atoms with Gasteiger partial charge in [0.05, 0.1) is 22.8 Å². The van der Waals surface area contributed by atoms with Crippen molar-refractivity contribution in [3.8, 4) is 22.3 Å². The van der Waals surface area contributed by atoms with Crippen molar-refractivity contribution in [2.75, 3.05) is 9.80 Å². The van der Waals surface area contributed by atoms with Crippen LogP contribution in [0.25, 0.3) is 55.0 Å². The number of furan rings is 1. The molecule has 0 saturated carbocycles. The Balaban J connectivity index is 1.07. The van der Waals surface area contributed by atoms with E-state index in [0.717, 1.165) is 78.0 Å². The van der Waals surface area contributed by atoms with Crippen molar-refractivity contribution in [2.24, 2.45) is 0 Å². The molecule has 3 heterocycles. The monoisotopic (exact) mass is 844 g/mol. The average molecular weight is 845 g/mol. The number of anilines is 6. The average Bonchev–Trinajstić information content (AvgIpc) is 3.88. The first-order valence-corrected chi connectivity index (χ1v) is 22.5. The summed E-state index contributed by atoms with van der Waals surface area (Å²) in [5, 5.41) is 4.28. The van der Waals surface area contributed by atoms with Crippen molar-refractivity contribution in [3.05, 3.63) is 192 Å². The van der Waals surface area contributed by atoms with E-state index < -0.39 is 0 Å². The van der Waals surface area contributed by atoms with Crippen LogP contribution in [0.1, 0.15) is 76.5 Å². The number of hydrogen-bond acceptors (Lipinski definition) is 7. The molecule has 12 rings (SSSR count). The second-order valence-corrected chi connectivity index (χ2v) is 19.6. The predicted molar refractivity (Wildman–Crippen MR) is 266 cm³/mol. The lowest BCUT2D eigenvalue weighted by molar-refractivity contribution is 0.591. The SMILES string of the molecule is CC(C)(C)c1ccc2c(N(c3ccccc3)c3ncc4c(n3)C(C)(C)c3ccccc3-4)cc3oc4cc(N(c5ccccc5)c5ncc6c(n5)C(C)(C)c5ccccc5-6)ccc4c3c2c1. The van der Waals surface area contributed by atoms with Gasteiger partial charge in [-0.25, -0.2) is 19.9 Å². The number of rotatable bonds is 6. The molecule has 0 unspecified atom stereocenters. The largest absolute Gasteiger partial charge is 0.456 e. The van der Waals surface area contributed by atoms with Crippen molar-refractivity contribution >= 4 is 67.4 Å². The molecule has 3 aromatic heterocycles. The van der Waals surface area contributed by atoms with Crippen LogP contribution < -0.4 is 9.80 Å². The number of hydrogen-bond donors (Lipinski definition) is 0. The smallest absolute Gasteiger partial charge is 0.234 e. The van der Waals surface area contributed by atoms with E-state index >= 15 is 0 Å². The minimum absolute atomic E-state index is 0.0893. The molecule has 0 radical (unpaired) electrons. The van der Waals surface area contributed by atoms with Gasteiger partial charge in [-0.3, -0.25) is 9.80 Å². The maximum Gasteiger partial charge on any atom is 0.234 e. The molecule has 10 aromatic rings. The summed E-state index contributed by atoms with van der Waals surface area (Å²) >= 11 is 0. The molecule has 7 nitrogen and oxygen atoms in total. The van der Waals surface area contributed by atoms with Gasteiger partial charge in [0.1, 0.15) is 11.2 Å². The van der Waals surface area contributed by atoms with Crippen molar-refractivity contribution in [2.45, 2.75) is 64.7 Å². The first-order chi connectivity index (χ1) is 31.4. The van der Waals surface area contributed by atoms with Gasteiger partial charge in [-0.15, -0.1) is 0 Å². The topological polar surface area (TPSA) is 71.2 Å². The van der Waals surface area contributed by atoms with Gasteiger partial charge in [0.15, 0.2) is 0 Å². The quantitative estimate of drug-likeness (QED) is 0.165. The summed E-state index contributed by atoms with van der Waals surface area (Å²) in [7, 11) is 0. The molecule has 2 aliphatic rings. The van der Waals surface area contributed by atoms with E-state index in [1.807, 2.05) is 24.5 Å². The van der Waals surface area contributed by atoms with Crippen molar-refractivity contribution in [1.29, 1.82) is 0 Å². The number of aromatic nitrogens is 4. The highest BCUT2D eigenvalue weighted by atomic mass is 16.3. The first kappa shape index (κ1) is 39.0. The maximum atomic E-state index is 7.08. The zero-order valence-electron chi connectivity index (χ0n) is 37.7. The Kier molecular flexibility index (Phi) is 8.35. The summed E-state index contributed by atoms with van der Waals surface area (Å²) in [5.41, 5.74) is 15.0. The molecule has 0 aliphatic heterocycles. The molecule has 7 heteroatoms. The lowest BCUT2D eigenvalue weighted by Crippen LogP contribution is -2.20. The van der Waals surface area contributed by atoms with Crippen LogP contribution in [-0.4, -0.2) is 19.9 Å². The van der Waals surface area contributed by atoms with Crippen molar-refractivity contribution < 1.29 is 4.42 Å². The highest BCUT2D eigenvalue weighted by molar-refractivity contribution is 6.23. The highest BCUT2D eigenvalue weighted by Crippen LogP contribution is 2.51. The van der Waals surface area contributed by atoms with Gasteiger partial charge < -0.3 is 4.42 Å². The lowest BCUT2D eigenvalue weighted by atomic mass is 9.85. The zero-order valence-corrected chi connectivity index (χ0v) is 37.7. The van der Waals surface area contributed by atoms with Gasteiger partial charge in [-0.2, -0.15) is 0 Å². The van der Waals surface area contributed by atoms with Gasteiger partial charge in [-0.05, 0) is 81.1 Å². The van der Waals surface area contributed by atoms with Crippen LogP contribution in [0.5, 0.6) is 0 Å². The van der Waals surface area contributed by atoms with Crippen LogP contribution in [0.4, 0.5) is 34.6 Å². The minimum atomic E-state index is -0.296. The van der Waals surface area contributed by atoms with Gasteiger partial charge in [-0.1, -0.05) is 146 Å². The van der Waals surface area contributed by atoms with Gasteiger partial charge in [0.2, 0.25) is 11.9 Å². The molecule has 65 heavy (non-hydrogen) atoms. The number of nitrogens with zero attached hydrogens (tertiary/aromatic N) is 6. The van der Waals surface area contributed by atoms with E-state index in [0.29, 0.717) is 11.9 Å². The minimum Gasteiger partial charge on any atom is -0.456 e. The molecule has 0 spiro atoms. The summed E-state index contributed by atoms with van der Waals surface area (Å²) in [6.07, 6.45) is 4.00. The van der Waals surface area contributed by atoms with Gasteiger partial charge in [0, 0.05) is 74.0 Å². The third kappa shape index (κ3) is 5.88. The molecule has 0 saturated heterocycles. The Morgan fingerprint density at radius 1 is 0.462 bits per heavy atom. The van der Waals surface area contributed by atoms with Gasteiger partial charge >= 0.3 is 0 Å². The van der Waals surface area contributed by atoms with Crippen LogP contribution in [0.3, 0.4) is 0 Å². The number of fused-ring (bicyclic) bond motifs is 11. The normalized spacial score (nSPS) is 14.3. The van der Waals surface area contributed by atoms with Crippen LogP contribution >= 0.6 is 0 Å². The summed E-state index contributed by atoms with van der Waals surface area (Å²) in [6, 6.07) is 53.5. The summed E-state index contributed by atoms with van der Waals surface area (Å²) in [6.45, 7) is 15.8. The third-order valence-electron chi connectivity index (χ3n) is 13.8. The fourth-order valence-corrected chi connectivity index (χ4v) is 10.4. The van der Waals surface area contributed by atoms with E-state index in [9.17, 15) is 0 Å². The van der Waals surface area contributed by atoms with E-state index in [1.165, 1.54) is 27.8 Å². The number of para-hydroxylation sites is 2. The van der Waals surface area contributed by atoms with Crippen LogP contribution in [-0.2, 0) is 16.2 Å². The van der Waals surface area contributed by atoms with E-state index in [1.54, 1.807) is 0 Å². The summed E-state index contributed by atoms with van der Waals surface area (Å²) in [5.74, 6) is 1.21. The molecule has 2 aliphatic carbocycles. The fourth-order valence-electron chi connectivity index (χ4n) is 10.4. The summed E-state index contributed by atoms with van der Waals surface area (Å²) in [4.78, 5) is 25.4. The molecule has 0 bridgehead atoms. The molecule has 316 valence electrons. The van der Waals surface area contributed by atoms with Gasteiger partial charge in [0.25, 0.3) is 0 Å². The second kappa shape index (κ2) is 13.9. The van der Waals surface area contributed by atoms with Crippen molar-refractivity contribution in [3.63, 3.8) is 0 Å². The van der Waals surface area contributed by atoms with E-state index in [2.05, 4.69) is 198 Å². The highest BCUT2D eigenvalue weighted by Gasteiger charge is 2.39. The van der Waals surface area contributed by atoms with Crippen LogP contribution in [0, 0.1) is 0 Å². The van der Waals surface area contributed by atoms with E-state index in [4.69, 9.17) is 24.4 Å². The molecule has 0 N–H and O–H groups in total. The van der Waals surface area contributed by atoms with Crippen LogP contribution in [0.15, 0.2) is 168 Å². The maximum absolute atomic E-state index is 7.08. The Hall–Kier alpha value is -7.64. The summed E-state index contributed by atoms with van der Waals surface area (Å²) < 4.78 is 7.08. The standard InChI is InChI=1S/C58H48N6O/c1-56(2,3)35-26-28-41-43(30-35)51-42-29-27-38(63(36-18-10-8-11-19-36)54-59-33-44-39-22-14-16-24-46(39)57(4,5)52(44)61-54)31-49(42)65-50(51)32-48(41)64(37-20-12-9-13-21-37)55-60-34-45-40-23-15-17-25-47(40)58(6,7)53(45)62-55/h8-34H,1-7H3. The second-order valence-electron chi connectivity index (χ2n) is 19.6. The Labute approximate surface area is 379 Å². The Bertz CT molecular complexity index is 3550. The molecule has 0 fully saturated rings. The van der Waals surface area contributed by atoms with Crippen LogP contribution in [0.2, 0.25) is 0 Å². The Morgan fingerprint density at radius 3 is 1.57 bits per heavy atom. The molecular formula is C58H48N6O. The van der Waals surface area contributed by atoms with E-state index in [-0.39, 0.29) is 16.2 Å². The third-order valence-corrected chi connectivity index (χ3v) is 13.8. The lowest BCUT2D eigenvalue weighted by Gasteiger charge is -2.27. The molecule has 0 atom stereocenters. The molecule has 7 aromatic carbocycles. The predicted octanol–water partition coefficient (Wildman–Crippen LogP) is 15.2. The molecular weight excluding hydrogens is 797 g/mol. The Morgan fingerprint density at radius 2 is 0.985 bits per heavy atom. The zero-order chi connectivity index (χ0) is 44.4. The van der Waals surface area contributed by atoms with Crippen molar-refractivity contribution in [1.82, 2.24) is 19.9 Å². The fraction of sp³-hybridized carbons (Fsp3) is 0.172. The molecule has 0 amide bonds.